The molecule has 4 heteroatoms. The van der Waals surface area contributed by atoms with E-state index in [2.05, 4.69) is 10.3 Å². The van der Waals surface area contributed by atoms with Gasteiger partial charge in [-0.1, -0.05) is 6.07 Å². The molecule has 1 aliphatic heterocycles. The van der Waals surface area contributed by atoms with E-state index in [0.717, 1.165) is 17.9 Å². The minimum atomic E-state index is -0.763. The first-order chi connectivity index (χ1) is 7.34. The van der Waals surface area contributed by atoms with Crippen LogP contribution in [0.2, 0.25) is 0 Å². The van der Waals surface area contributed by atoms with E-state index < -0.39 is 10.8 Å². The molecule has 1 aliphatic rings. The zero-order valence-electron chi connectivity index (χ0n) is 8.69. The number of rotatable bonds is 4. The van der Waals surface area contributed by atoms with E-state index in [1.807, 2.05) is 12.1 Å². The number of aromatic nitrogens is 1. The van der Waals surface area contributed by atoms with E-state index >= 15 is 0 Å². The van der Waals surface area contributed by atoms with E-state index in [9.17, 15) is 4.21 Å². The summed E-state index contributed by atoms with van der Waals surface area (Å²) in [4.78, 5) is 4.02. The molecule has 2 atom stereocenters. The van der Waals surface area contributed by atoms with Gasteiger partial charge in [-0.3, -0.25) is 9.19 Å². The summed E-state index contributed by atoms with van der Waals surface area (Å²) in [6.45, 7) is 1.08. The molecule has 1 aromatic rings. The lowest BCUT2D eigenvalue weighted by Crippen LogP contribution is -2.27. The fourth-order valence-corrected chi connectivity index (χ4v) is 3.25. The second-order valence-electron chi connectivity index (χ2n) is 3.91. The lowest BCUT2D eigenvalue weighted by molar-refractivity contribution is 0.643. The summed E-state index contributed by atoms with van der Waals surface area (Å²) in [7, 11) is -0.763. The van der Waals surface area contributed by atoms with Gasteiger partial charge in [-0.2, -0.15) is 0 Å². The average molecular weight is 224 g/mol. The molecule has 0 radical (unpaired) electrons. The Kier molecular flexibility index (Phi) is 3.86. The van der Waals surface area contributed by atoms with Crippen LogP contribution in [0.4, 0.5) is 0 Å². The summed E-state index contributed by atoms with van der Waals surface area (Å²) in [6, 6.07) is 4.33. The molecule has 1 saturated heterocycles. The van der Waals surface area contributed by atoms with E-state index in [4.69, 9.17) is 0 Å². The van der Waals surface area contributed by atoms with Crippen LogP contribution in [0.25, 0.3) is 0 Å². The molecule has 0 saturated carbocycles. The maximum atomic E-state index is 11.8. The van der Waals surface area contributed by atoms with Gasteiger partial charge in [0.15, 0.2) is 0 Å². The van der Waals surface area contributed by atoms with E-state index in [-0.39, 0.29) is 0 Å². The van der Waals surface area contributed by atoms with Crippen LogP contribution in [0.3, 0.4) is 0 Å². The first kappa shape index (κ1) is 10.8. The second kappa shape index (κ2) is 5.37. The number of hydrogen-bond donors (Lipinski definition) is 1. The topological polar surface area (TPSA) is 42.0 Å². The Morgan fingerprint density at radius 2 is 2.53 bits per heavy atom. The third-order valence-corrected chi connectivity index (χ3v) is 4.03. The maximum absolute atomic E-state index is 11.8. The van der Waals surface area contributed by atoms with Crippen LogP contribution in [0.1, 0.15) is 18.4 Å². The summed E-state index contributed by atoms with van der Waals surface area (Å²) in [5, 5.41) is 3.36. The summed E-state index contributed by atoms with van der Waals surface area (Å²) in [6.07, 6.45) is 5.92. The van der Waals surface area contributed by atoms with Crippen LogP contribution >= 0.6 is 0 Å². The smallest absolute Gasteiger partial charge is 0.0501 e. The van der Waals surface area contributed by atoms with Crippen LogP contribution < -0.4 is 5.32 Å². The van der Waals surface area contributed by atoms with Crippen LogP contribution in [0.5, 0.6) is 0 Å². The number of nitrogens with one attached hydrogen (secondary N) is 1. The fourth-order valence-electron chi connectivity index (χ4n) is 1.85. The predicted molar refractivity (Wildman–Crippen MR) is 62.0 cm³/mol. The van der Waals surface area contributed by atoms with Crippen molar-refractivity contribution in [2.24, 2.45) is 0 Å². The Bertz CT molecular complexity index is 323. The lowest BCUT2D eigenvalue weighted by Gasteiger charge is -2.09. The van der Waals surface area contributed by atoms with Gasteiger partial charge in [0, 0.05) is 35.0 Å². The summed E-state index contributed by atoms with van der Waals surface area (Å²) in [5.74, 6) is 1.40. The van der Waals surface area contributed by atoms with Gasteiger partial charge in [0.05, 0.1) is 5.75 Å². The van der Waals surface area contributed by atoms with Gasteiger partial charge in [0.2, 0.25) is 0 Å². The van der Waals surface area contributed by atoms with Gasteiger partial charge in [0.1, 0.15) is 0 Å². The van der Waals surface area contributed by atoms with Crippen molar-refractivity contribution in [3.05, 3.63) is 30.1 Å². The van der Waals surface area contributed by atoms with Crippen LogP contribution in [-0.2, 0) is 16.6 Å². The Labute approximate surface area is 92.8 Å². The number of nitrogens with zero attached hydrogens (tertiary/aromatic N) is 1. The predicted octanol–water partition coefficient (Wildman–Crippen LogP) is 1.08. The van der Waals surface area contributed by atoms with Crippen molar-refractivity contribution in [1.29, 1.82) is 0 Å². The molecule has 0 aliphatic carbocycles. The first-order valence-electron chi connectivity index (χ1n) is 5.32. The molecule has 1 N–H and O–H groups in total. The lowest BCUT2D eigenvalue weighted by atomic mass is 10.3. The molecule has 0 bridgehead atoms. The zero-order chi connectivity index (χ0) is 10.5. The Morgan fingerprint density at radius 3 is 3.20 bits per heavy atom. The summed E-state index contributed by atoms with van der Waals surface area (Å²) in [5.41, 5.74) is 1.06. The molecule has 1 aromatic heterocycles. The third-order valence-electron chi connectivity index (χ3n) is 2.60. The Morgan fingerprint density at radius 1 is 1.60 bits per heavy atom. The average Bonchev–Trinajstić information content (AvgIpc) is 2.71. The highest BCUT2D eigenvalue weighted by molar-refractivity contribution is 7.84. The molecule has 0 amide bonds. The molecule has 0 unspecified atom stereocenters. The van der Waals surface area contributed by atoms with Crippen molar-refractivity contribution >= 4 is 10.8 Å². The van der Waals surface area contributed by atoms with Crippen LogP contribution in [-0.4, -0.2) is 27.5 Å². The molecular weight excluding hydrogens is 208 g/mol. The quantitative estimate of drug-likeness (QED) is 0.832. The number of hydrogen-bond acceptors (Lipinski definition) is 3. The zero-order valence-corrected chi connectivity index (χ0v) is 9.50. The largest absolute Gasteiger partial charge is 0.313 e. The monoisotopic (exact) mass is 224 g/mol. The van der Waals surface area contributed by atoms with Crippen LogP contribution in [0, 0.1) is 0 Å². The van der Waals surface area contributed by atoms with Crippen LogP contribution in [0.15, 0.2) is 24.5 Å². The molecule has 15 heavy (non-hydrogen) atoms. The molecule has 1 fully saturated rings. The first-order valence-corrected chi connectivity index (χ1v) is 6.80. The Balaban J connectivity index is 1.82. The molecule has 2 heterocycles. The maximum Gasteiger partial charge on any atom is 0.0501 e. The third kappa shape index (κ3) is 3.39. The van der Waals surface area contributed by atoms with E-state index in [1.54, 1.807) is 12.4 Å². The van der Waals surface area contributed by atoms with Gasteiger partial charge in [-0.15, -0.1) is 0 Å². The van der Waals surface area contributed by atoms with Gasteiger partial charge in [-0.05, 0) is 31.0 Å². The summed E-state index contributed by atoms with van der Waals surface area (Å²) >= 11 is 0. The molecule has 2 rings (SSSR count). The highest BCUT2D eigenvalue weighted by atomic mass is 32.2. The molecule has 0 spiro atoms. The minimum absolute atomic E-state index is 0.461. The normalized spacial score (nSPS) is 22.8. The van der Waals surface area contributed by atoms with Crippen molar-refractivity contribution in [2.75, 3.05) is 12.3 Å². The summed E-state index contributed by atoms with van der Waals surface area (Å²) < 4.78 is 11.8. The highest BCUT2D eigenvalue weighted by Gasteiger charge is 2.16. The van der Waals surface area contributed by atoms with Crippen molar-refractivity contribution < 1.29 is 4.21 Å². The standard InChI is InChI=1S/C11H16N2OS/c14-15(9-11-4-2-6-13-11)8-10-3-1-5-12-7-10/h1,3,5,7,11,13H,2,4,6,8-9H2/t11-,15+/m0/s1. The SMILES string of the molecule is O=[S@](Cc1cccnc1)C[C@@H]1CCCN1. The molecule has 82 valence electrons. The van der Waals surface area contributed by atoms with Crippen molar-refractivity contribution in [2.45, 2.75) is 24.6 Å². The van der Waals surface area contributed by atoms with Gasteiger partial charge < -0.3 is 5.32 Å². The molecule has 3 nitrogen and oxygen atoms in total. The van der Waals surface area contributed by atoms with Gasteiger partial charge in [-0.25, -0.2) is 0 Å². The van der Waals surface area contributed by atoms with E-state index in [0.29, 0.717) is 11.8 Å². The van der Waals surface area contributed by atoms with Crippen molar-refractivity contribution in [1.82, 2.24) is 10.3 Å². The van der Waals surface area contributed by atoms with Crippen molar-refractivity contribution in [3.63, 3.8) is 0 Å². The van der Waals surface area contributed by atoms with Crippen molar-refractivity contribution in [3.8, 4) is 0 Å². The molecular formula is C11H16N2OS. The van der Waals surface area contributed by atoms with E-state index in [1.165, 1.54) is 12.8 Å². The van der Waals surface area contributed by atoms with Gasteiger partial charge >= 0.3 is 0 Å². The molecule has 0 aromatic carbocycles. The van der Waals surface area contributed by atoms with Gasteiger partial charge in [0.25, 0.3) is 0 Å². The minimum Gasteiger partial charge on any atom is -0.313 e. The number of pyridine rings is 1. The second-order valence-corrected chi connectivity index (χ2v) is 5.41. The highest BCUT2D eigenvalue weighted by Crippen LogP contribution is 2.08. The Hall–Kier alpha value is -0.740. The fraction of sp³-hybridized carbons (Fsp3) is 0.545.